The first-order valence-electron chi connectivity index (χ1n) is 6.84. The molecule has 3 rings (SSSR count). The summed E-state index contributed by atoms with van der Waals surface area (Å²) in [7, 11) is 0. The maximum atomic E-state index is 9.44. The van der Waals surface area contributed by atoms with Crippen LogP contribution in [0.5, 0.6) is 0 Å². The van der Waals surface area contributed by atoms with Crippen LogP contribution in [0.25, 0.3) is 16.8 Å². The van der Waals surface area contributed by atoms with Gasteiger partial charge in [-0.15, -0.1) is 22.7 Å². The summed E-state index contributed by atoms with van der Waals surface area (Å²) in [5.41, 5.74) is 4.34. The Balaban J connectivity index is 2.00. The number of aryl methyl sites for hydroxylation is 2. The summed E-state index contributed by atoms with van der Waals surface area (Å²) in [4.78, 5) is 7.32. The van der Waals surface area contributed by atoms with Crippen LogP contribution in [0.1, 0.15) is 40.4 Å². The fraction of sp³-hybridized carbons (Fsp3) is 0.375. The van der Waals surface area contributed by atoms with Crippen LogP contribution < -0.4 is 0 Å². The quantitative estimate of drug-likeness (QED) is 0.702. The second kappa shape index (κ2) is 5.51. The van der Waals surface area contributed by atoms with Crippen molar-refractivity contribution < 1.29 is 0 Å². The zero-order chi connectivity index (χ0) is 14.1. The first-order chi connectivity index (χ1) is 9.69. The van der Waals surface area contributed by atoms with Crippen molar-refractivity contribution >= 4 is 28.2 Å². The summed E-state index contributed by atoms with van der Waals surface area (Å²) in [6, 6.07) is 4.56. The average Bonchev–Trinajstić information content (AvgIpc) is 3.12. The molecule has 1 aliphatic rings. The molecule has 0 spiro atoms. The fourth-order valence-electron chi connectivity index (χ4n) is 2.73. The summed E-state index contributed by atoms with van der Waals surface area (Å²) in [5.74, 6) is 0. The average molecular weight is 300 g/mol. The first-order valence-corrected chi connectivity index (χ1v) is 8.54. The standard InChI is InChI=1S/C16H16N2S2/c1-10-7-13(11(2)20-10)15-9-19-16(18-15)14(8-17)12-5-3-4-6-12/h7,9H,3-6H2,1-2H3. The van der Waals surface area contributed by atoms with Gasteiger partial charge in [0.2, 0.25) is 0 Å². The van der Waals surface area contributed by atoms with Gasteiger partial charge >= 0.3 is 0 Å². The van der Waals surface area contributed by atoms with E-state index in [2.05, 4.69) is 31.4 Å². The molecule has 4 heteroatoms. The van der Waals surface area contributed by atoms with Gasteiger partial charge in [-0.25, -0.2) is 4.98 Å². The van der Waals surface area contributed by atoms with E-state index in [0.717, 1.165) is 29.1 Å². The van der Waals surface area contributed by atoms with E-state index in [1.807, 2.05) is 0 Å². The van der Waals surface area contributed by atoms with Crippen LogP contribution in [-0.2, 0) is 0 Å². The molecule has 0 N–H and O–H groups in total. The van der Waals surface area contributed by atoms with E-state index in [0.29, 0.717) is 0 Å². The third kappa shape index (κ3) is 2.44. The Labute approximate surface area is 127 Å². The predicted molar refractivity (Wildman–Crippen MR) is 85.9 cm³/mol. The molecule has 0 aromatic carbocycles. The molecule has 1 saturated carbocycles. The number of nitrogens with zero attached hydrogens (tertiary/aromatic N) is 2. The van der Waals surface area contributed by atoms with Crippen LogP contribution in [0.15, 0.2) is 17.0 Å². The van der Waals surface area contributed by atoms with Crippen LogP contribution in [0.2, 0.25) is 0 Å². The molecule has 0 bridgehead atoms. The number of thiazole rings is 1. The van der Waals surface area contributed by atoms with E-state index in [9.17, 15) is 5.26 Å². The van der Waals surface area contributed by atoms with Crippen molar-refractivity contribution in [1.82, 2.24) is 4.98 Å². The lowest BCUT2D eigenvalue weighted by atomic mass is 10.1. The Bertz CT molecular complexity index is 705. The minimum atomic E-state index is 0.823. The van der Waals surface area contributed by atoms with Crippen LogP contribution in [0, 0.1) is 25.2 Å². The van der Waals surface area contributed by atoms with Crippen LogP contribution in [0.3, 0.4) is 0 Å². The maximum Gasteiger partial charge on any atom is 0.134 e. The smallest absolute Gasteiger partial charge is 0.134 e. The van der Waals surface area contributed by atoms with Gasteiger partial charge in [0.15, 0.2) is 0 Å². The predicted octanol–water partition coefficient (Wildman–Crippen LogP) is 5.34. The van der Waals surface area contributed by atoms with Crippen molar-refractivity contribution in [3.8, 4) is 17.3 Å². The van der Waals surface area contributed by atoms with Gasteiger partial charge in [-0.05, 0) is 51.2 Å². The van der Waals surface area contributed by atoms with Crippen LogP contribution >= 0.6 is 22.7 Å². The van der Waals surface area contributed by atoms with Gasteiger partial charge in [0.25, 0.3) is 0 Å². The van der Waals surface area contributed by atoms with Crippen LogP contribution in [0.4, 0.5) is 0 Å². The molecule has 0 unspecified atom stereocenters. The van der Waals surface area contributed by atoms with Crippen molar-refractivity contribution in [3.05, 3.63) is 31.8 Å². The zero-order valence-corrected chi connectivity index (χ0v) is 13.3. The molecule has 0 amide bonds. The second-order valence-electron chi connectivity index (χ2n) is 5.16. The highest BCUT2D eigenvalue weighted by Crippen LogP contribution is 2.36. The van der Waals surface area contributed by atoms with E-state index >= 15 is 0 Å². The normalized spacial score (nSPS) is 14.6. The van der Waals surface area contributed by atoms with Crippen LogP contribution in [-0.4, -0.2) is 4.98 Å². The molecule has 1 aliphatic carbocycles. The zero-order valence-electron chi connectivity index (χ0n) is 11.7. The van der Waals surface area contributed by atoms with Crippen molar-refractivity contribution in [2.75, 3.05) is 0 Å². The van der Waals surface area contributed by atoms with Crippen molar-refractivity contribution in [1.29, 1.82) is 5.26 Å². The number of nitriles is 1. The number of hydrogen-bond donors (Lipinski definition) is 0. The monoisotopic (exact) mass is 300 g/mol. The van der Waals surface area contributed by atoms with E-state index in [4.69, 9.17) is 4.98 Å². The highest BCUT2D eigenvalue weighted by Gasteiger charge is 2.18. The number of aromatic nitrogens is 1. The molecule has 2 heterocycles. The molecule has 1 fully saturated rings. The minimum Gasteiger partial charge on any atom is -0.235 e. The van der Waals surface area contributed by atoms with Gasteiger partial charge in [-0.2, -0.15) is 5.26 Å². The molecule has 0 saturated heterocycles. The van der Waals surface area contributed by atoms with Crippen molar-refractivity contribution in [3.63, 3.8) is 0 Å². The fourth-order valence-corrected chi connectivity index (χ4v) is 4.52. The lowest BCUT2D eigenvalue weighted by Crippen LogP contribution is -1.86. The van der Waals surface area contributed by atoms with Crippen molar-refractivity contribution in [2.45, 2.75) is 39.5 Å². The van der Waals surface area contributed by atoms with E-state index in [1.54, 1.807) is 22.7 Å². The number of hydrogen-bond acceptors (Lipinski definition) is 4. The Hall–Kier alpha value is -1.44. The lowest BCUT2D eigenvalue weighted by molar-refractivity contribution is 0.886. The van der Waals surface area contributed by atoms with Gasteiger partial charge in [-0.1, -0.05) is 0 Å². The van der Waals surface area contributed by atoms with E-state index < -0.39 is 0 Å². The molecule has 0 atom stereocenters. The Morgan fingerprint density at radius 1 is 1.30 bits per heavy atom. The molecule has 0 aliphatic heterocycles. The summed E-state index contributed by atoms with van der Waals surface area (Å²) in [6.45, 7) is 4.25. The highest BCUT2D eigenvalue weighted by atomic mass is 32.1. The summed E-state index contributed by atoms with van der Waals surface area (Å²) < 4.78 is 0. The second-order valence-corrected chi connectivity index (χ2v) is 7.48. The maximum absolute atomic E-state index is 9.44. The third-order valence-electron chi connectivity index (χ3n) is 3.71. The number of allylic oxidation sites excluding steroid dienone is 2. The van der Waals surface area contributed by atoms with E-state index in [-0.39, 0.29) is 0 Å². The molecule has 102 valence electrons. The third-order valence-corrected chi connectivity index (χ3v) is 5.53. The summed E-state index contributed by atoms with van der Waals surface area (Å²) in [5, 5.41) is 12.4. The molecule has 0 radical (unpaired) electrons. The molecule has 2 aromatic rings. The molecular formula is C16H16N2S2. The van der Waals surface area contributed by atoms with Gasteiger partial charge in [0, 0.05) is 20.7 Å². The molecule has 20 heavy (non-hydrogen) atoms. The van der Waals surface area contributed by atoms with Gasteiger partial charge in [0.05, 0.1) is 11.3 Å². The highest BCUT2D eigenvalue weighted by molar-refractivity contribution is 7.12. The number of rotatable bonds is 2. The Morgan fingerprint density at radius 2 is 2.05 bits per heavy atom. The van der Waals surface area contributed by atoms with Gasteiger partial charge in [-0.3, -0.25) is 0 Å². The SMILES string of the molecule is Cc1cc(-c2csc(C(C#N)=C3CCCC3)n2)c(C)s1. The topological polar surface area (TPSA) is 36.7 Å². The molecule has 2 nitrogen and oxygen atoms in total. The summed E-state index contributed by atoms with van der Waals surface area (Å²) in [6.07, 6.45) is 4.55. The van der Waals surface area contributed by atoms with Gasteiger partial charge < -0.3 is 0 Å². The Kier molecular flexibility index (Phi) is 3.73. The molecule has 2 aromatic heterocycles. The van der Waals surface area contributed by atoms with Crippen molar-refractivity contribution in [2.24, 2.45) is 0 Å². The van der Waals surface area contributed by atoms with E-state index in [1.165, 1.54) is 33.7 Å². The molecular weight excluding hydrogens is 284 g/mol. The Morgan fingerprint density at radius 3 is 2.65 bits per heavy atom. The number of thiophene rings is 1. The summed E-state index contributed by atoms with van der Waals surface area (Å²) >= 11 is 3.40. The first kappa shape index (κ1) is 13.5. The van der Waals surface area contributed by atoms with Gasteiger partial charge in [0.1, 0.15) is 11.1 Å². The minimum absolute atomic E-state index is 0.823. The largest absolute Gasteiger partial charge is 0.235 e. The lowest BCUT2D eigenvalue weighted by Gasteiger charge is -1.99.